The maximum absolute atomic E-state index is 13.2. The van der Waals surface area contributed by atoms with E-state index in [0.29, 0.717) is 11.5 Å². The normalized spacial score (nSPS) is 15.8. The largest absolute Gasteiger partial charge is 0.261 e. The van der Waals surface area contributed by atoms with E-state index in [1.54, 1.807) is 19.2 Å². The van der Waals surface area contributed by atoms with E-state index in [1.807, 2.05) is 0 Å². The highest BCUT2D eigenvalue weighted by Crippen LogP contribution is 2.33. The molecule has 2 rings (SSSR count). The topological polar surface area (TPSA) is 12.9 Å². The first-order chi connectivity index (χ1) is 7.69. The molecule has 90 valence electrons. The molecule has 0 aliphatic heterocycles. The van der Waals surface area contributed by atoms with Crippen LogP contribution in [0.1, 0.15) is 63.1 Å². The van der Waals surface area contributed by atoms with Gasteiger partial charge < -0.3 is 0 Å². The van der Waals surface area contributed by atoms with Crippen molar-refractivity contribution >= 4 is 0 Å². The zero-order chi connectivity index (χ0) is 12.0. The third-order valence-corrected chi connectivity index (χ3v) is 2.83. The van der Waals surface area contributed by atoms with Gasteiger partial charge >= 0.3 is 0 Å². The van der Waals surface area contributed by atoms with Gasteiger partial charge in [0, 0.05) is 23.4 Å². The van der Waals surface area contributed by atoms with Crippen molar-refractivity contribution in [2.75, 3.05) is 0 Å². The van der Waals surface area contributed by atoms with Crippen LogP contribution in [0.25, 0.3) is 0 Å². The lowest BCUT2D eigenvalue weighted by Crippen LogP contribution is -1.98. The second-order valence-electron chi connectivity index (χ2n) is 4.55. The van der Waals surface area contributed by atoms with Gasteiger partial charge in [-0.05, 0) is 25.8 Å². The average molecular weight is 223 g/mol. The molecule has 0 amide bonds. The van der Waals surface area contributed by atoms with Crippen LogP contribution < -0.4 is 0 Å². The van der Waals surface area contributed by atoms with Crippen molar-refractivity contribution in [3.8, 4) is 0 Å². The van der Waals surface area contributed by atoms with Gasteiger partial charge in [-0.25, -0.2) is 4.39 Å². The minimum atomic E-state index is -0.114. The lowest BCUT2D eigenvalue weighted by molar-refractivity contribution is 0.601. The van der Waals surface area contributed by atoms with Gasteiger partial charge in [0.25, 0.3) is 0 Å². The minimum absolute atomic E-state index is 0.114. The average Bonchev–Trinajstić information content (AvgIpc) is 2.76. The highest BCUT2D eigenvalue weighted by Gasteiger charge is 2.18. The summed E-state index contributed by atoms with van der Waals surface area (Å²) in [4.78, 5) is 4.28. The lowest BCUT2D eigenvalue weighted by atomic mass is 10.0. The molecule has 1 saturated carbocycles. The van der Waals surface area contributed by atoms with E-state index >= 15 is 0 Å². The predicted molar refractivity (Wildman–Crippen MR) is 66.1 cm³/mol. The second kappa shape index (κ2) is 6.62. The van der Waals surface area contributed by atoms with E-state index in [1.165, 1.54) is 32.1 Å². The van der Waals surface area contributed by atoms with Crippen LogP contribution in [0.3, 0.4) is 0 Å². The molecule has 0 atom stereocenters. The first-order valence-corrected chi connectivity index (χ1v) is 6.31. The summed E-state index contributed by atoms with van der Waals surface area (Å²) in [5, 5.41) is 0. The predicted octanol–water partition coefficient (Wildman–Crippen LogP) is 4.60. The van der Waals surface area contributed by atoms with E-state index in [2.05, 4.69) is 18.8 Å². The molecule has 1 aliphatic carbocycles. The summed E-state index contributed by atoms with van der Waals surface area (Å²) in [6.45, 7) is 6.00. The fraction of sp³-hybridized carbons (Fsp3) is 0.643. The Bertz CT molecular complexity index is 317. The van der Waals surface area contributed by atoms with Crippen LogP contribution in [0.15, 0.2) is 12.3 Å². The quantitative estimate of drug-likeness (QED) is 0.678. The van der Waals surface area contributed by atoms with Crippen LogP contribution in [0, 0.1) is 12.7 Å². The van der Waals surface area contributed by atoms with Crippen LogP contribution in [0.2, 0.25) is 0 Å². The molecule has 2 heteroatoms. The van der Waals surface area contributed by atoms with Crippen LogP contribution in [0.4, 0.5) is 4.39 Å². The van der Waals surface area contributed by atoms with Gasteiger partial charge in [-0.15, -0.1) is 0 Å². The van der Waals surface area contributed by atoms with E-state index in [0.717, 1.165) is 5.69 Å². The van der Waals surface area contributed by atoms with E-state index in [4.69, 9.17) is 0 Å². The summed E-state index contributed by atoms with van der Waals surface area (Å²) in [6, 6.07) is 1.60. The van der Waals surface area contributed by atoms with Crippen molar-refractivity contribution < 1.29 is 4.39 Å². The van der Waals surface area contributed by atoms with Crippen molar-refractivity contribution in [1.29, 1.82) is 0 Å². The monoisotopic (exact) mass is 223 g/mol. The van der Waals surface area contributed by atoms with Gasteiger partial charge in [0.2, 0.25) is 0 Å². The third kappa shape index (κ3) is 3.58. The fourth-order valence-corrected chi connectivity index (χ4v) is 1.96. The first-order valence-electron chi connectivity index (χ1n) is 6.31. The summed E-state index contributed by atoms with van der Waals surface area (Å²) in [5.74, 6) is 0.395. The number of aromatic nitrogens is 1. The molecular weight excluding hydrogens is 201 g/mol. The van der Waals surface area contributed by atoms with Crippen LogP contribution in [-0.4, -0.2) is 4.98 Å². The molecule has 1 aromatic rings. The summed E-state index contributed by atoms with van der Waals surface area (Å²) >= 11 is 0. The van der Waals surface area contributed by atoms with Crippen molar-refractivity contribution in [2.24, 2.45) is 0 Å². The van der Waals surface area contributed by atoms with Crippen molar-refractivity contribution in [1.82, 2.24) is 4.98 Å². The maximum atomic E-state index is 13.2. The van der Waals surface area contributed by atoms with Crippen molar-refractivity contribution in [3.63, 3.8) is 0 Å². The molecule has 1 aromatic heterocycles. The molecule has 0 N–H and O–H groups in total. The third-order valence-electron chi connectivity index (χ3n) is 2.83. The first kappa shape index (κ1) is 13.1. The Morgan fingerprint density at radius 1 is 1.31 bits per heavy atom. The standard InChI is InChI=1S/C11H14FN.C3H8/c1-8-7-13-11(6-10(8)12)9-4-2-3-5-9;1-3-2/h6-7,9H,2-5H2,1H3;3H2,1-2H3. The van der Waals surface area contributed by atoms with Gasteiger partial charge in [-0.1, -0.05) is 33.1 Å². The molecule has 0 unspecified atom stereocenters. The molecule has 0 bridgehead atoms. The number of aryl methyl sites for hydroxylation is 1. The number of halogens is 1. The van der Waals surface area contributed by atoms with E-state index in [-0.39, 0.29) is 5.82 Å². The number of nitrogens with zero attached hydrogens (tertiary/aromatic N) is 1. The Balaban J connectivity index is 0.000000386. The van der Waals surface area contributed by atoms with Crippen LogP contribution in [-0.2, 0) is 0 Å². The molecule has 1 nitrogen and oxygen atoms in total. The number of hydrogen-bond donors (Lipinski definition) is 0. The Kier molecular flexibility index (Phi) is 5.44. The van der Waals surface area contributed by atoms with Gasteiger partial charge in [0.1, 0.15) is 5.82 Å². The maximum Gasteiger partial charge on any atom is 0.129 e. The minimum Gasteiger partial charge on any atom is -0.261 e. The lowest BCUT2D eigenvalue weighted by Gasteiger charge is -2.08. The molecule has 1 aliphatic rings. The van der Waals surface area contributed by atoms with Crippen molar-refractivity contribution in [2.45, 2.75) is 58.8 Å². The molecule has 1 heterocycles. The SMILES string of the molecule is CCC.Cc1cnc(C2CCCC2)cc1F. The Labute approximate surface area is 98.1 Å². The summed E-state index contributed by atoms with van der Waals surface area (Å²) in [5.41, 5.74) is 1.59. The molecular formula is C14H22FN. The molecule has 0 spiro atoms. The molecule has 0 saturated heterocycles. The molecule has 0 radical (unpaired) electrons. The van der Waals surface area contributed by atoms with E-state index < -0.39 is 0 Å². The molecule has 16 heavy (non-hydrogen) atoms. The van der Waals surface area contributed by atoms with Crippen molar-refractivity contribution in [3.05, 3.63) is 29.3 Å². The van der Waals surface area contributed by atoms with Crippen LogP contribution >= 0.6 is 0 Å². The second-order valence-corrected chi connectivity index (χ2v) is 4.55. The van der Waals surface area contributed by atoms with Crippen LogP contribution in [0.5, 0.6) is 0 Å². The zero-order valence-corrected chi connectivity index (χ0v) is 10.6. The number of hydrogen-bond acceptors (Lipinski definition) is 1. The highest BCUT2D eigenvalue weighted by atomic mass is 19.1. The number of pyridine rings is 1. The van der Waals surface area contributed by atoms with Gasteiger partial charge in [0.15, 0.2) is 0 Å². The smallest absolute Gasteiger partial charge is 0.129 e. The van der Waals surface area contributed by atoms with Gasteiger partial charge in [-0.3, -0.25) is 4.98 Å². The van der Waals surface area contributed by atoms with Gasteiger partial charge in [0.05, 0.1) is 0 Å². The fourth-order valence-electron chi connectivity index (χ4n) is 1.96. The number of rotatable bonds is 1. The van der Waals surface area contributed by atoms with Gasteiger partial charge in [-0.2, -0.15) is 0 Å². The molecule has 0 aromatic carbocycles. The molecule has 1 fully saturated rings. The Hall–Kier alpha value is -0.920. The Morgan fingerprint density at radius 3 is 2.38 bits per heavy atom. The summed E-state index contributed by atoms with van der Waals surface area (Å²) in [6.07, 6.45) is 7.78. The summed E-state index contributed by atoms with van der Waals surface area (Å²) < 4.78 is 13.2. The zero-order valence-electron chi connectivity index (χ0n) is 10.6. The van der Waals surface area contributed by atoms with E-state index in [9.17, 15) is 4.39 Å². The summed E-state index contributed by atoms with van der Waals surface area (Å²) in [7, 11) is 0. The highest BCUT2D eigenvalue weighted by molar-refractivity contribution is 5.18. The Morgan fingerprint density at radius 2 is 1.88 bits per heavy atom.